The van der Waals surface area contributed by atoms with Crippen LogP contribution in [0.4, 0.5) is 0 Å². The molecule has 0 bridgehead atoms. The molecule has 84 valence electrons. The van der Waals surface area contributed by atoms with E-state index < -0.39 is 0 Å². The summed E-state index contributed by atoms with van der Waals surface area (Å²) in [5, 5.41) is 2.98. The first-order valence-electron chi connectivity index (χ1n) is 5.25. The van der Waals surface area contributed by atoms with Crippen LogP contribution in [0.15, 0.2) is 10.9 Å². The molecule has 0 saturated heterocycles. The average Bonchev–Trinajstić information content (AvgIpc) is 3.00. The van der Waals surface area contributed by atoms with Gasteiger partial charge in [0.15, 0.2) is 0 Å². The Kier molecular flexibility index (Phi) is 2.03. The maximum atomic E-state index is 11.7. The van der Waals surface area contributed by atoms with Gasteiger partial charge in [0, 0.05) is 19.1 Å². The van der Waals surface area contributed by atoms with Crippen molar-refractivity contribution in [2.75, 3.05) is 7.11 Å². The molecule has 1 aliphatic rings. The van der Waals surface area contributed by atoms with Gasteiger partial charge in [-0.1, -0.05) is 0 Å². The Labute approximate surface area is 91.3 Å². The van der Waals surface area contributed by atoms with E-state index in [1.807, 2.05) is 0 Å². The maximum absolute atomic E-state index is 11.7. The van der Waals surface area contributed by atoms with E-state index in [9.17, 15) is 4.79 Å². The van der Waals surface area contributed by atoms with E-state index in [2.05, 4.69) is 15.1 Å². The fourth-order valence-electron chi connectivity index (χ4n) is 1.70. The molecule has 0 radical (unpaired) electrons. The number of hydrogen-bond acceptors (Lipinski definition) is 4. The standard InChI is InChI=1S/C10H12N4O2/c1-16-5-7-4-8(15)14-10(11-7)12-9(13-14)6-2-3-6/h4,6H,2-3,5H2,1H3,(H,11,12,13). The number of methoxy groups -OCH3 is 1. The predicted molar refractivity (Wildman–Crippen MR) is 56.3 cm³/mol. The highest BCUT2D eigenvalue weighted by Gasteiger charge is 2.27. The van der Waals surface area contributed by atoms with Crippen LogP contribution < -0.4 is 5.56 Å². The molecule has 0 unspecified atom stereocenters. The first-order valence-corrected chi connectivity index (χ1v) is 5.25. The van der Waals surface area contributed by atoms with Gasteiger partial charge in [-0.25, -0.2) is 4.98 Å². The molecular formula is C10H12N4O2. The van der Waals surface area contributed by atoms with Crippen molar-refractivity contribution in [2.24, 2.45) is 0 Å². The molecule has 1 fully saturated rings. The second-order valence-corrected chi connectivity index (χ2v) is 4.04. The van der Waals surface area contributed by atoms with Crippen molar-refractivity contribution in [3.63, 3.8) is 0 Å². The van der Waals surface area contributed by atoms with E-state index in [0.717, 1.165) is 18.7 Å². The van der Waals surface area contributed by atoms with Crippen LogP contribution in [0.25, 0.3) is 5.78 Å². The summed E-state index contributed by atoms with van der Waals surface area (Å²) in [5.41, 5.74) is 0.470. The molecule has 6 nitrogen and oxygen atoms in total. The highest BCUT2D eigenvalue weighted by Crippen LogP contribution is 2.37. The first-order chi connectivity index (χ1) is 7.78. The van der Waals surface area contributed by atoms with Crippen LogP contribution in [0.2, 0.25) is 0 Å². The van der Waals surface area contributed by atoms with E-state index in [4.69, 9.17) is 4.74 Å². The number of rotatable bonds is 3. The Hall–Kier alpha value is -1.69. The summed E-state index contributed by atoms with van der Waals surface area (Å²) in [6.07, 6.45) is 2.28. The van der Waals surface area contributed by atoms with Gasteiger partial charge >= 0.3 is 0 Å². The van der Waals surface area contributed by atoms with Gasteiger partial charge in [0.2, 0.25) is 0 Å². The van der Waals surface area contributed by atoms with Crippen LogP contribution >= 0.6 is 0 Å². The zero-order chi connectivity index (χ0) is 11.1. The molecule has 0 aliphatic heterocycles. The molecule has 1 saturated carbocycles. The van der Waals surface area contributed by atoms with Crippen molar-refractivity contribution < 1.29 is 4.74 Å². The van der Waals surface area contributed by atoms with Crippen LogP contribution in [0.5, 0.6) is 0 Å². The molecule has 1 aliphatic carbocycles. The minimum absolute atomic E-state index is 0.142. The summed E-state index contributed by atoms with van der Waals surface area (Å²) in [4.78, 5) is 20.3. The Morgan fingerprint density at radius 3 is 3.06 bits per heavy atom. The van der Waals surface area contributed by atoms with Gasteiger partial charge in [-0.3, -0.25) is 9.89 Å². The Morgan fingerprint density at radius 2 is 2.38 bits per heavy atom. The van der Waals surface area contributed by atoms with Crippen LogP contribution in [0.3, 0.4) is 0 Å². The van der Waals surface area contributed by atoms with Gasteiger partial charge in [0.1, 0.15) is 5.82 Å². The number of nitrogens with zero attached hydrogens (tertiary/aromatic N) is 3. The number of ether oxygens (including phenoxy) is 1. The third-order valence-corrected chi connectivity index (χ3v) is 2.66. The van der Waals surface area contributed by atoms with Crippen molar-refractivity contribution in [1.29, 1.82) is 0 Å². The summed E-state index contributed by atoms with van der Waals surface area (Å²) < 4.78 is 6.33. The van der Waals surface area contributed by atoms with E-state index in [1.54, 1.807) is 7.11 Å². The molecule has 2 aromatic rings. The van der Waals surface area contributed by atoms with Gasteiger partial charge < -0.3 is 4.74 Å². The molecule has 0 atom stereocenters. The van der Waals surface area contributed by atoms with Crippen molar-refractivity contribution in [1.82, 2.24) is 19.6 Å². The van der Waals surface area contributed by atoms with E-state index in [-0.39, 0.29) is 5.56 Å². The van der Waals surface area contributed by atoms with Crippen molar-refractivity contribution in [2.45, 2.75) is 25.4 Å². The third-order valence-electron chi connectivity index (χ3n) is 2.66. The number of aromatic nitrogens is 4. The van der Waals surface area contributed by atoms with Crippen LogP contribution in [-0.4, -0.2) is 26.7 Å². The van der Waals surface area contributed by atoms with Crippen LogP contribution in [0, 0.1) is 0 Å². The fourth-order valence-corrected chi connectivity index (χ4v) is 1.70. The molecular weight excluding hydrogens is 208 g/mol. The van der Waals surface area contributed by atoms with Crippen molar-refractivity contribution >= 4 is 5.78 Å². The lowest BCUT2D eigenvalue weighted by Crippen LogP contribution is -2.16. The maximum Gasteiger partial charge on any atom is 0.274 e. The third kappa shape index (κ3) is 1.51. The molecule has 1 N–H and O–H groups in total. The summed E-state index contributed by atoms with van der Waals surface area (Å²) in [6.45, 7) is 0.331. The molecule has 2 aromatic heterocycles. The molecule has 0 spiro atoms. The fraction of sp³-hybridized carbons (Fsp3) is 0.500. The number of H-pyrrole nitrogens is 1. The lowest BCUT2D eigenvalue weighted by atomic mass is 10.4. The van der Waals surface area contributed by atoms with Crippen LogP contribution in [-0.2, 0) is 11.3 Å². The lowest BCUT2D eigenvalue weighted by Gasteiger charge is -1.97. The molecule has 0 amide bonds. The van der Waals surface area contributed by atoms with Crippen LogP contribution in [0.1, 0.15) is 30.3 Å². The van der Waals surface area contributed by atoms with Gasteiger partial charge in [0.25, 0.3) is 11.3 Å². The largest absolute Gasteiger partial charge is 0.378 e. The Bertz CT molecular complexity index is 582. The Morgan fingerprint density at radius 1 is 1.56 bits per heavy atom. The number of fused-ring (bicyclic) bond motifs is 1. The van der Waals surface area contributed by atoms with E-state index >= 15 is 0 Å². The summed E-state index contributed by atoms with van der Waals surface area (Å²) in [7, 11) is 1.57. The quantitative estimate of drug-likeness (QED) is 0.814. The molecule has 0 aromatic carbocycles. The normalized spacial score (nSPS) is 15.8. The minimum atomic E-state index is -0.142. The second kappa shape index (κ2) is 3.41. The predicted octanol–water partition coefficient (Wildman–Crippen LogP) is 0.441. The van der Waals surface area contributed by atoms with Gasteiger partial charge in [0.05, 0.1) is 12.3 Å². The lowest BCUT2D eigenvalue weighted by molar-refractivity contribution is 0.181. The smallest absolute Gasteiger partial charge is 0.274 e. The molecule has 2 heterocycles. The molecule has 6 heteroatoms. The number of hydrogen-bond donors (Lipinski definition) is 1. The van der Waals surface area contributed by atoms with Gasteiger partial charge in [-0.05, 0) is 12.8 Å². The topological polar surface area (TPSA) is 72.3 Å². The molecule has 16 heavy (non-hydrogen) atoms. The minimum Gasteiger partial charge on any atom is -0.378 e. The van der Waals surface area contributed by atoms with Crippen molar-refractivity contribution in [3.8, 4) is 0 Å². The number of nitrogens with one attached hydrogen (secondary N) is 1. The zero-order valence-electron chi connectivity index (χ0n) is 8.93. The highest BCUT2D eigenvalue weighted by molar-refractivity contribution is 5.29. The number of aromatic amines is 1. The summed E-state index contributed by atoms with van der Waals surface area (Å²) in [5.74, 6) is 1.77. The zero-order valence-corrected chi connectivity index (χ0v) is 8.93. The average molecular weight is 220 g/mol. The first kappa shape index (κ1) is 9.53. The highest BCUT2D eigenvalue weighted by atomic mass is 16.5. The molecule has 3 rings (SSSR count). The van der Waals surface area contributed by atoms with E-state index in [1.165, 1.54) is 10.6 Å². The summed E-state index contributed by atoms with van der Waals surface area (Å²) in [6, 6.07) is 1.46. The van der Waals surface area contributed by atoms with E-state index in [0.29, 0.717) is 24.0 Å². The monoisotopic (exact) mass is 220 g/mol. The van der Waals surface area contributed by atoms with Crippen molar-refractivity contribution in [3.05, 3.63) is 27.9 Å². The second-order valence-electron chi connectivity index (χ2n) is 4.04. The SMILES string of the molecule is COCc1cc(=O)n2[nH]c(C3CC3)nc2n1. The van der Waals surface area contributed by atoms with Gasteiger partial charge in [-0.15, -0.1) is 0 Å². The van der Waals surface area contributed by atoms with Gasteiger partial charge in [-0.2, -0.15) is 9.50 Å². The Balaban J connectivity index is 2.13. The summed E-state index contributed by atoms with van der Waals surface area (Å²) >= 11 is 0.